The Morgan fingerprint density at radius 1 is 1.00 bits per heavy atom. The molecule has 0 aromatic carbocycles. The predicted molar refractivity (Wildman–Crippen MR) is 92.7 cm³/mol. The fraction of sp³-hybridized carbons (Fsp3) is 0.600. The first-order chi connectivity index (χ1) is 10.8. The number of halogens is 2. The van der Waals surface area contributed by atoms with Crippen LogP contribution in [0.15, 0.2) is 48.1 Å². The van der Waals surface area contributed by atoms with Crippen LogP contribution < -0.4 is 24.8 Å². The van der Waals surface area contributed by atoms with Crippen LogP contribution in [0, 0.1) is 29.6 Å². The molecule has 0 nitrogen and oxygen atoms in total. The molecule has 24 heavy (non-hydrogen) atoms. The fourth-order valence-corrected chi connectivity index (χ4v) is 16.4. The van der Waals surface area contributed by atoms with Gasteiger partial charge in [-0.3, -0.25) is 0 Å². The number of hydrogen-bond donors (Lipinski definition) is 0. The van der Waals surface area contributed by atoms with E-state index >= 15 is 0 Å². The maximum atomic E-state index is 2.61. The van der Waals surface area contributed by atoms with E-state index in [4.69, 9.17) is 0 Å². The van der Waals surface area contributed by atoms with E-state index in [1.54, 1.807) is 5.57 Å². The van der Waals surface area contributed by atoms with Gasteiger partial charge in [0, 0.05) is 0 Å². The van der Waals surface area contributed by atoms with Crippen molar-refractivity contribution in [1.82, 2.24) is 0 Å². The van der Waals surface area contributed by atoms with Gasteiger partial charge in [0.2, 0.25) is 0 Å². The Balaban J connectivity index is 0.00000104. The van der Waals surface area contributed by atoms with Crippen LogP contribution in [0.1, 0.15) is 25.7 Å². The average Bonchev–Trinajstić information content (AvgIpc) is 3.15. The average molecular weight is 458 g/mol. The molecule has 0 aromatic rings. The Labute approximate surface area is 171 Å². The summed E-state index contributed by atoms with van der Waals surface area (Å²) in [6.45, 7) is 5.19. The third kappa shape index (κ3) is 3.83. The molecule has 0 saturated heterocycles. The van der Waals surface area contributed by atoms with Crippen molar-refractivity contribution in [3.63, 3.8) is 0 Å². The van der Waals surface area contributed by atoms with Gasteiger partial charge in [0.15, 0.2) is 0 Å². The summed E-state index contributed by atoms with van der Waals surface area (Å²) >= 11 is -0.215. The molecule has 4 rings (SSSR count). The molecule has 0 bridgehead atoms. The molecule has 4 aliphatic carbocycles. The number of hydrogen-bond acceptors (Lipinski definition) is 0. The zero-order chi connectivity index (χ0) is 15.1. The summed E-state index contributed by atoms with van der Waals surface area (Å²) < 4.78 is 1.12. The van der Waals surface area contributed by atoms with Crippen LogP contribution in [0.3, 0.4) is 0 Å². The molecule has 0 aromatic heterocycles. The maximum absolute atomic E-state index is 2.61. The Hall–Kier alpha value is 0.640. The van der Waals surface area contributed by atoms with Crippen molar-refractivity contribution in [3.8, 4) is 0 Å². The quantitative estimate of drug-likeness (QED) is 0.487. The zero-order valence-electron chi connectivity index (χ0n) is 14.6. The second-order valence-electron chi connectivity index (χ2n) is 7.75. The summed E-state index contributed by atoms with van der Waals surface area (Å²) in [6.07, 6.45) is 22.8. The van der Waals surface area contributed by atoms with Crippen LogP contribution in [0.25, 0.3) is 0 Å². The third-order valence-electron chi connectivity index (χ3n) is 6.29. The summed E-state index contributed by atoms with van der Waals surface area (Å²) in [5, 5.41) is 0. The monoisotopic (exact) mass is 455 g/mol. The molecule has 0 spiro atoms. The molecule has 0 N–H and O–H groups in total. The van der Waals surface area contributed by atoms with Gasteiger partial charge >= 0.3 is 147 Å². The van der Waals surface area contributed by atoms with Crippen molar-refractivity contribution in [3.05, 3.63) is 48.1 Å². The first-order valence-electron chi connectivity index (χ1n) is 9.03. The van der Waals surface area contributed by atoms with E-state index in [-0.39, 0.29) is 52.1 Å². The summed E-state index contributed by atoms with van der Waals surface area (Å²) in [5.74, 6) is 4.77. The number of allylic oxidation sites excluding steroid dienone is 8. The molecule has 0 amide bonds. The van der Waals surface area contributed by atoms with E-state index in [0.717, 1.165) is 33.2 Å². The maximum Gasteiger partial charge on any atom is -1.00 e. The van der Waals surface area contributed by atoms with Gasteiger partial charge in [-0.1, -0.05) is 0 Å². The number of fused-ring (bicyclic) bond motifs is 3. The molecule has 2 saturated carbocycles. The van der Waals surface area contributed by atoms with Gasteiger partial charge in [-0.25, -0.2) is 0 Å². The minimum atomic E-state index is -0.215. The van der Waals surface area contributed by atoms with Crippen molar-refractivity contribution < 1.29 is 46.7 Å². The van der Waals surface area contributed by atoms with Crippen LogP contribution in [0.5, 0.6) is 0 Å². The molecule has 2 fully saturated rings. The third-order valence-corrected chi connectivity index (χ3v) is 15.8. The Morgan fingerprint density at radius 3 is 2.42 bits per heavy atom. The van der Waals surface area contributed by atoms with Crippen LogP contribution in [-0.4, -0.2) is 5.43 Å². The summed E-state index contributed by atoms with van der Waals surface area (Å²) in [4.78, 5) is 0. The van der Waals surface area contributed by atoms with Crippen LogP contribution >= 0.6 is 0 Å². The van der Waals surface area contributed by atoms with Crippen molar-refractivity contribution in [1.29, 1.82) is 0 Å². The first kappa shape index (κ1) is 20.9. The molecule has 4 aliphatic rings. The molecule has 0 radical (unpaired) electrons. The second-order valence-corrected chi connectivity index (χ2v) is 21.2. The van der Waals surface area contributed by atoms with Gasteiger partial charge in [0.25, 0.3) is 0 Å². The van der Waals surface area contributed by atoms with E-state index in [2.05, 4.69) is 55.6 Å². The van der Waals surface area contributed by atoms with Gasteiger partial charge in [0.05, 0.1) is 0 Å². The summed E-state index contributed by atoms with van der Waals surface area (Å²) in [7, 11) is 0. The largest absolute Gasteiger partial charge is 1.00 e. The van der Waals surface area contributed by atoms with Crippen molar-refractivity contribution >= 4 is 5.43 Å². The molecular formula is C20H27Cl2SiZr. The van der Waals surface area contributed by atoms with E-state index < -0.39 is 0 Å². The van der Waals surface area contributed by atoms with Crippen molar-refractivity contribution in [2.45, 2.75) is 42.4 Å². The van der Waals surface area contributed by atoms with E-state index in [9.17, 15) is 0 Å². The van der Waals surface area contributed by atoms with Crippen LogP contribution in [0.2, 0.25) is 16.7 Å². The summed E-state index contributed by atoms with van der Waals surface area (Å²) in [6, 6.07) is 0. The van der Waals surface area contributed by atoms with E-state index in [0.29, 0.717) is 0 Å². The Morgan fingerprint density at radius 2 is 1.75 bits per heavy atom. The van der Waals surface area contributed by atoms with Gasteiger partial charge in [-0.2, -0.15) is 0 Å². The van der Waals surface area contributed by atoms with Gasteiger partial charge in [0.1, 0.15) is 0 Å². The van der Waals surface area contributed by atoms with Crippen molar-refractivity contribution in [2.24, 2.45) is 29.6 Å². The second kappa shape index (κ2) is 9.03. The SMILES string of the molecule is C[Si](C)=[Zr+2][CH]1C2C=CC=CC2C2CCCC(C3=CC=CC3)C21.[Cl-].[Cl-]. The normalized spacial score (nSPS) is 38.3. The van der Waals surface area contributed by atoms with E-state index in [1.165, 1.54) is 25.7 Å². The van der Waals surface area contributed by atoms with Crippen molar-refractivity contribution in [2.75, 3.05) is 0 Å². The van der Waals surface area contributed by atoms with Gasteiger partial charge in [-0.05, 0) is 0 Å². The van der Waals surface area contributed by atoms with E-state index in [1.807, 2.05) is 0 Å². The topological polar surface area (TPSA) is 0 Å². The smallest absolute Gasteiger partial charge is 1.00 e. The molecule has 0 heterocycles. The minimum absolute atomic E-state index is 0. The zero-order valence-corrected chi connectivity index (χ0v) is 19.6. The fourth-order valence-electron chi connectivity index (χ4n) is 5.60. The van der Waals surface area contributed by atoms with Gasteiger partial charge < -0.3 is 24.8 Å². The molecule has 6 atom stereocenters. The Bertz CT molecular complexity index is 601. The Kier molecular flexibility index (Phi) is 7.88. The van der Waals surface area contributed by atoms with Crippen LogP contribution in [0.4, 0.5) is 0 Å². The molecule has 0 aliphatic heterocycles. The number of rotatable bonds is 2. The molecule has 6 unspecified atom stereocenters. The van der Waals surface area contributed by atoms with Crippen LogP contribution in [-0.2, 0) is 21.9 Å². The first-order valence-corrected chi connectivity index (χ1v) is 16.6. The van der Waals surface area contributed by atoms with Gasteiger partial charge in [-0.15, -0.1) is 0 Å². The summed E-state index contributed by atoms with van der Waals surface area (Å²) in [5.41, 5.74) is 1.80. The standard InChI is InChI=1S/C18H21.C2H6Si.2ClH.Zr/c1-2-7-13(6-1)15-10-5-11-17-16-9-4-3-8-14(16)12-18(15)17;1-3-2;;;/h1-4,6,8-9,12,14-18H,5,7,10-11H2;1-2H3;2*1H;/q;;;;+2/p-2. The molecule has 4 heteroatoms. The molecule has 129 valence electrons. The minimum Gasteiger partial charge on any atom is -1.00 e. The predicted octanol–water partition coefficient (Wildman–Crippen LogP) is -0.593. The molecular weight excluding hydrogens is 430 g/mol.